The van der Waals surface area contributed by atoms with Gasteiger partial charge in [-0.2, -0.15) is 0 Å². The molecule has 2 unspecified atom stereocenters. The minimum Gasteiger partial charge on any atom is -0.480 e. The van der Waals surface area contributed by atoms with Gasteiger partial charge in [-0.05, 0) is 27.2 Å². The number of carbonyl (C=O) groups is 3. The molecular weight excluding hydrogens is 604 g/mol. The summed E-state index contributed by atoms with van der Waals surface area (Å²) in [6.45, 7) is 4.32. The molecule has 4 rings (SSSR count). The maximum absolute atomic E-state index is 12.8. The van der Waals surface area contributed by atoms with Crippen LogP contribution < -0.4 is 10.6 Å². The first kappa shape index (κ1) is 34.3. The molecule has 0 saturated carbocycles. The van der Waals surface area contributed by atoms with Crippen LogP contribution in [0.15, 0.2) is 12.7 Å². The number of imidazole rings is 1. The molecular formula is C26H38N6O13. The number of aromatic nitrogens is 4. The van der Waals surface area contributed by atoms with Gasteiger partial charge in [0.1, 0.15) is 36.8 Å². The van der Waals surface area contributed by atoms with E-state index < -0.39 is 85.4 Å². The lowest BCUT2D eigenvalue weighted by atomic mass is 10.0. The van der Waals surface area contributed by atoms with Gasteiger partial charge in [-0.15, -0.1) is 0 Å². The Morgan fingerprint density at radius 2 is 1.80 bits per heavy atom. The molecule has 0 aromatic carbocycles. The van der Waals surface area contributed by atoms with E-state index in [2.05, 4.69) is 25.6 Å². The Hall–Kier alpha value is -3.56. The van der Waals surface area contributed by atoms with E-state index in [9.17, 15) is 45.0 Å². The minimum absolute atomic E-state index is 0.0449. The van der Waals surface area contributed by atoms with E-state index in [0.29, 0.717) is 0 Å². The third-order valence-corrected chi connectivity index (χ3v) is 7.49. The number of urea groups is 1. The quantitative estimate of drug-likeness (QED) is 0.123. The Bertz CT molecular complexity index is 1350. The number of aliphatic hydroxyl groups excluding tert-OH is 5. The van der Waals surface area contributed by atoms with Crippen LogP contribution in [-0.4, -0.2) is 136 Å². The summed E-state index contributed by atoms with van der Waals surface area (Å²) in [5.74, 6) is -2.36. The molecule has 0 radical (unpaired) electrons. The predicted octanol–water partition coefficient (Wildman–Crippen LogP) is -2.01. The Kier molecular flexibility index (Phi) is 11.2. The number of amides is 2. The van der Waals surface area contributed by atoms with Crippen molar-refractivity contribution >= 4 is 35.0 Å². The van der Waals surface area contributed by atoms with Gasteiger partial charge >= 0.3 is 18.0 Å². The summed E-state index contributed by atoms with van der Waals surface area (Å²) in [5, 5.41) is 64.2. The second kappa shape index (κ2) is 14.7. The third-order valence-electron chi connectivity index (χ3n) is 7.49. The smallest absolute Gasteiger partial charge is 0.330 e. The molecule has 250 valence electrons. The van der Waals surface area contributed by atoms with Crippen LogP contribution in [0.25, 0.3) is 11.2 Å². The maximum Gasteiger partial charge on any atom is 0.330 e. The second-order valence-electron chi connectivity index (χ2n) is 11.0. The van der Waals surface area contributed by atoms with Gasteiger partial charge in [-0.3, -0.25) is 14.7 Å². The molecule has 0 bridgehead atoms. The number of hydrogen-bond acceptors (Lipinski definition) is 15. The average molecular weight is 643 g/mol. The zero-order valence-electron chi connectivity index (χ0n) is 24.7. The number of esters is 1. The largest absolute Gasteiger partial charge is 0.480 e. The van der Waals surface area contributed by atoms with Crippen LogP contribution in [0.3, 0.4) is 0 Å². The second-order valence-corrected chi connectivity index (χ2v) is 11.0. The summed E-state index contributed by atoms with van der Waals surface area (Å²) >= 11 is 0. The Morgan fingerprint density at radius 1 is 1.07 bits per heavy atom. The third kappa shape index (κ3) is 8.19. The van der Waals surface area contributed by atoms with Crippen molar-refractivity contribution in [2.75, 3.05) is 11.9 Å². The SMILES string of the molecule is CC1O[C@H](O[C@@H](C)CCC(=O)O[C@H](C)[C@H](NC(=O)Nc2ncnc3c2ncn3[C@@H]2OC[C@@H](O)[C@H](O)C2O)C(=O)O)[C@H](O)C[C@@H]1O. The predicted molar refractivity (Wildman–Crippen MR) is 148 cm³/mol. The Labute approximate surface area is 256 Å². The highest BCUT2D eigenvalue weighted by Gasteiger charge is 2.40. The molecule has 2 fully saturated rings. The first-order valence-corrected chi connectivity index (χ1v) is 14.3. The molecule has 45 heavy (non-hydrogen) atoms. The van der Waals surface area contributed by atoms with Crippen LogP contribution in [0.5, 0.6) is 0 Å². The van der Waals surface area contributed by atoms with Crippen molar-refractivity contribution in [2.24, 2.45) is 0 Å². The van der Waals surface area contributed by atoms with Gasteiger partial charge in [-0.25, -0.2) is 24.5 Å². The summed E-state index contributed by atoms with van der Waals surface area (Å²) in [4.78, 5) is 49.3. The number of aliphatic carboxylic acids is 1. The summed E-state index contributed by atoms with van der Waals surface area (Å²) < 4.78 is 23.0. The number of nitrogens with zero attached hydrogens (tertiary/aromatic N) is 4. The maximum atomic E-state index is 12.8. The van der Waals surface area contributed by atoms with Crippen molar-refractivity contribution in [1.29, 1.82) is 0 Å². The van der Waals surface area contributed by atoms with Crippen LogP contribution in [0.4, 0.5) is 10.6 Å². The van der Waals surface area contributed by atoms with Crippen molar-refractivity contribution < 1.29 is 64.0 Å². The average Bonchev–Trinajstić information content (AvgIpc) is 3.41. The molecule has 0 spiro atoms. The molecule has 11 atom stereocenters. The van der Waals surface area contributed by atoms with Gasteiger partial charge in [0.05, 0.1) is 31.2 Å². The first-order valence-electron chi connectivity index (χ1n) is 14.3. The van der Waals surface area contributed by atoms with Crippen LogP contribution in [-0.2, 0) is 28.5 Å². The fourth-order valence-electron chi connectivity index (χ4n) is 4.85. The summed E-state index contributed by atoms with van der Waals surface area (Å²) in [6, 6.07) is -2.67. The van der Waals surface area contributed by atoms with Gasteiger partial charge in [-0.1, -0.05) is 0 Å². The van der Waals surface area contributed by atoms with Crippen LogP contribution in [0.1, 0.15) is 46.3 Å². The van der Waals surface area contributed by atoms with E-state index in [4.69, 9.17) is 18.9 Å². The van der Waals surface area contributed by atoms with Crippen molar-refractivity contribution in [3.05, 3.63) is 12.7 Å². The molecule has 2 amide bonds. The van der Waals surface area contributed by atoms with E-state index in [1.165, 1.54) is 17.8 Å². The number of fused-ring (bicyclic) bond motifs is 1. The standard InChI is InChI=1S/C26H38N6O13/c1-10(43-25-14(34)6-13(33)11(2)45-25)4-5-16(36)44-12(3)17(24(39)40)30-26(41)31-21-18-22(28-8-27-21)32(9-29-18)23-20(38)19(37)15(35)7-42-23/h8-15,17,19-20,23,25,33-35,37-38H,4-7H2,1-3H3,(H,39,40)(H2,27,28,30,31,41)/t10-,11?,12+,13-,14+,15+,17-,19-,20?,23+,25-/m0/s1. The molecule has 2 saturated heterocycles. The van der Waals surface area contributed by atoms with Crippen molar-refractivity contribution in [2.45, 2.75) is 107 Å². The highest BCUT2D eigenvalue weighted by Crippen LogP contribution is 2.28. The summed E-state index contributed by atoms with van der Waals surface area (Å²) in [6.07, 6.45) is -8.32. The lowest BCUT2D eigenvalue weighted by Gasteiger charge is -2.36. The highest BCUT2D eigenvalue weighted by atomic mass is 16.7. The first-order chi connectivity index (χ1) is 21.3. The normalized spacial score (nSPS) is 30.7. The molecule has 8 N–H and O–H groups in total. The highest BCUT2D eigenvalue weighted by molar-refractivity contribution is 5.97. The Balaban J connectivity index is 1.31. The zero-order chi connectivity index (χ0) is 33.0. The van der Waals surface area contributed by atoms with E-state index in [-0.39, 0.29) is 42.9 Å². The number of rotatable bonds is 11. The molecule has 2 aliphatic heterocycles. The minimum atomic E-state index is -1.66. The summed E-state index contributed by atoms with van der Waals surface area (Å²) in [7, 11) is 0. The fourth-order valence-corrected chi connectivity index (χ4v) is 4.85. The molecule has 0 aliphatic carbocycles. The van der Waals surface area contributed by atoms with Gasteiger partial charge in [0.15, 0.2) is 35.5 Å². The van der Waals surface area contributed by atoms with Gasteiger partial charge in [0, 0.05) is 12.8 Å². The van der Waals surface area contributed by atoms with Crippen molar-refractivity contribution in [1.82, 2.24) is 24.8 Å². The number of anilines is 1. The topological polar surface area (TPSA) is 277 Å². The van der Waals surface area contributed by atoms with E-state index in [1.54, 1.807) is 13.8 Å². The molecule has 2 aromatic rings. The number of aliphatic hydroxyl groups is 5. The molecule has 2 aromatic heterocycles. The number of hydrogen-bond donors (Lipinski definition) is 8. The van der Waals surface area contributed by atoms with Crippen LogP contribution in [0.2, 0.25) is 0 Å². The van der Waals surface area contributed by atoms with E-state index in [1.807, 2.05) is 0 Å². The van der Waals surface area contributed by atoms with Crippen molar-refractivity contribution in [3.63, 3.8) is 0 Å². The van der Waals surface area contributed by atoms with Crippen molar-refractivity contribution in [3.8, 4) is 0 Å². The van der Waals surface area contributed by atoms with E-state index >= 15 is 0 Å². The zero-order valence-corrected chi connectivity index (χ0v) is 24.7. The molecule has 19 heteroatoms. The fraction of sp³-hybridized carbons (Fsp3) is 0.692. The lowest BCUT2D eigenvalue weighted by molar-refractivity contribution is -0.273. The number of ether oxygens (including phenoxy) is 4. The summed E-state index contributed by atoms with van der Waals surface area (Å²) in [5.41, 5.74) is 0.142. The molecule has 4 heterocycles. The lowest BCUT2D eigenvalue weighted by Crippen LogP contribution is -2.50. The molecule has 2 aliphatic rings. The number of carboxylic acids is 1. The van der Waals surface area contributed by atoms with Crippen LogP contribution >= 0.6 is 0 Å². The number of nitrogens with one attached hydrogen (secondary N) is 2. The molecule has 19 nitrogen and oxygen atoms in total. The number of carboxylic acid groups (broad SMARTS) is 1. The number of carbonyl (C=O) groups excluding carboxylic acids is 2. The monoisotopic (exact) mass is 642 g/mol. The Morgan fingerprint density at radius 3 is 2.51 bits per heavy atom. The van der Waals surface area contributed by atoms with Gasteiger partial charge in [0.2, 0.25) is 0 Å². The van der Waals surface area contributed by atoms with E-state index in [0.717, 1.165) is 6.33 Å². The van der Waals surface area contributed by atoms with Crippen LogP contribution in [0, 0.1) is 0 Å². The van der Waals surface area contributed by atoms with Gasteiger partial charge in [0.25, 0.3) is 0 Å². The van der Waals surface area contributed by atoms with Gasteiger partial charge < -0.3 is 54.9 Å².